The highest BCUT2D eigenvalue weighted by Crippen LogP contribution is 2.48. The van der Waals surface area contributed by atoms with Crippen LogP contribution in [0.2, 0.25) is 0 Å². The first-order chi connectivity index (χ1) is 16.9. The standard InChI is InChI=1S/C27H31FN4O3/c1-19(33)26-27(21-7-4-3-5-8-21,11-6-12-30-13-15-31(16-14-30)20(2)34)25-18-35-24-17-22(28)9-10-23(24)32(25)29-26/h3-5,7-10,17,25H,6,11-16,18H2,1-2H3. The number of anilines is 1. The van der Waals surface area contributed by atoms with Gasteiger partial charge in [0, 0.05) is 46.1 Å². The van der Waals surface area contributed by atoms with Gasteiger partial charge < -0.3 is 9.64 Å². The number of nitrogens with zero attached hydrogens (tertiary/aromatic N) is 4. The molecule has 0 N–H and O–H groups in total. The molecule has 8 heteroatoms. The minimum atomic E-state index is -0.639. The average molecular weight is 479 g/mol. The van der Waals surface area contributed by atoms with E-state index in [1.54, 1.807) is 19.9 Å². The Kier molecular flexibility index (Phi) is 6.32. The molecule has 7 nitrogen and oxygen atoms in total. The number of hydrogen-bond acceptors (Lipinski definition) is 6. The highest BCUT2D eigenvalue weighted by molar-refractivity contribution is 6.43. The fraction of sp³-hybridized carbons (Fsp3) is 0.444. The Morgan fingerprint density at radius 3 is 2.51 bits per heavy atom. The summed E-state index contributed by atoms with van der Waals surface area (Å²) in [6.45, 7) is 7.57. The molecule has 2 atom stereocenters. The number of carbonyl (C=O) groups is 2. The predicted octanol–water partition coefficient (Wildman–Crippen LogP) is 3.23. The summed E-state index contributed by atoms with van der Waals surface area (Å²) >= 11 is 0. The highest BCUT2D eigenvalue weighted by atomic mass is 19.1. The van der Waals surface area contributed by atoms with Crippen molar-refractivity contribution in [2.24, 2.45) is 5.10 Å². The molecule has 3 aliphatic rings. The number of carbonyl (C=O) groups excluding carboxylic acids is 2. The smallest absolute Gasteiger partial charge is 0.219 e. The van der Waals surface area contributed by atoms with Crippen LogP contribution in [0.15, 0.2) is 53.6 Å². The number of halogens is 1. The molecule has 3 aliphatic heterocycles. The number of ketones is 1. The van der Waals surface area contributed by atoms with Gasteiger partial charge in [-0.3, -0.25) is 19.5 Å². The Balaban J connectivity index is 1.44. The van der Waals surface area contributed by atoms with E-state index < -0.39 is 5.41 Å². The van der Waals surface area contributed by atoms with E-state index in [1.165, 1.54) is 12.1 Å². The zero-order valence-corrected chi connectivity index (χ0v) is 20.2. The van der Waals surface area contributed by atoms with Crippen molar-refractivity contribution in [2.75, 3.05) is 44.3 Å². The van der Waals surface area contributed by atoms with Crippen molar-refractivity contribution in [3.63, 3.8) is 0 Å². The van der Waals surface area contributed by atoms with Crippen LogP contribution >= 0.6 is 0 Å². The van der Waals surface area contributed by atoms with Gasteiger partial charge in [-0.25, -0.2) is 4.39 Å². The maximum absolute atomic E-state index is 13.9. The molecule has 5 rings (SSSR count). The van der Waals surface area contributed by atoms with Gasteiger partial charge in [0.15, 0.2) is 5.78 Å². The summed E-state index contributed by atoms with van der Waals surface area (Å²) in [5, 5.41) is 6.71. The van der Waals surface area contributed by atoms with Crippen LogP contribution in [0.5, 0.6) is 5.75 Å². The summed E-state index contributed by atoms with van der Waals surface area (Å²) in [4.78, 5) is 28.9. The second kappa shape index (κ2) is 9.41. The first-order valence-electron chi connectivity index (χ1n) is 12.2. The molecule has 35 heavy (non-hydrogen) atoms. The monoisotopic (exact) mass is 478 g/mol. The number of hydrazone groups is 1. The Morgan fingerprint density at radius 2 is 1.83 bits per heavy atom. The second-order valence-electron chi connectivity index (χ2n) is 9.58. The van der Waals surface area contributed by atoms with E-state index in [-0.39, 0.29) is 23.5 Å². The normalized spacial score (nSPS) is 23.9. The van der Waals surface area contributed by atoms with Crippen LogP contribution in [0.1, 0.15) is 32.3 Å². The molecular weight excluding hydrogens is 447 g/mol. The number of piperazine rings is 1. The Hall–Kier alpha value is -3.26. The minimum absolute atomic E-state index is 0.0676. The van der Waals surface area contributed by atoms with E-state index >= 15 is 0 Å². The van der Waals surface area contributed by atoms with Crippen molar-refractivity contribution < 1.29 is 18.7 Å². The Morgan fingerprint density at radius 1 is 1.09 bits per heavy atom. The van der Waals surface area contributed by atoms with Crippen molar-refractivity contribution in [1.29, 1.82) is 0 Å². The maximum Gasteiger partial charge on any atom is 0.219 e. The first kappa shape index (κ1) is 23.5. The van der Waals surface area contributed by atoms with E-state index in [2.05, 4.69) is 17.0 Å². The van der Waals surface area contributed by atoms with Crippen molar-refractivity contribution in [2.45, 2.75) is 38.1 Å². The van der Waals surface area contributed by atoms with Gasteiger partial charge in [0.2, 0.25) is 5.91 Å². The van der Waals surface area contributed by atoms with Crippen LogP contribution in [0, 0.1) is 5.82 Å². The summed E-state index contributed by atoms with van der Waals surface area (Å²) in [7, 11) is 0. The van der Waals surface area contributed by atoms with Crippen molar-refractivity contribution >= 4 is 23.1 Å². The lowest BCUT2D eigenvalue weighted by Crippen LogP contribution is -2.54. The third kappa shape index (κ3) is 4.20. The molecule has 0 spiro atoms. The number of amides is 1. The molecule has 2 aromatic rings. The third-order valence-corrected chi connectivity index (χ3v) is 7.55. The number of fused-ring (bicyclic) bond motifs is 3. The van der Waals surface area contributed by atoms with Gasteiger partial charge in [-0.05, 0) is 37.1 Å². The van der Waals surface area contributed by atoms with Crippen LogP contribution in [0.3, 0.4) is 0 Å². The lowest BCUT2D eigenvalue weighted by atomic mass is 9.67. The molecule has 3 heterocycles. The molecule has 0 aromatic heterocycles. The number of ether oxygens (including phenoxy) is 1. The van der Waals surface area contributed by atoms with E-state index in [4.69, 9.17) is 9.84 Å². The van der Waals surface area contributed by atoms with Crippen LogP contribution in [0.25, 0.3) is 0 Å². The van der Waals surface area contributed by atoms with Gasteiger partial charge >= 0.3 is 0 Å². The molecule has 0 saturated carbocycles. The fourth-order valence-corrected chi connectivity index (χ4v) is 5.78. The van der Waals surface area contributed by atoms with Gasteiger partial charge in [0.25, 0.3) is 0 Å². The molecule has 0 radical (unpaired) electrons. The van der Waals surface area contributed by atoms with Crippen molar-refractivity contribution in [1.82, 2.24) is 9.80 Å². The van der Waals surface area contributed by atoms with Crippen LogP contribution in [-0.4, -0.2) is 72.6 Å². The highest BCUT2D eigenvalue weighted by Gasteiger charge is 2.55. The number of hydrogen-bond donors (Lipinski definition) is 0. The molecule has 2 aromatic carbocycles. The molecule has 0 bridgehead atoms. The second-order valence-corrected chi connectivity index (χ2v) is 9.58. The number of benzene rings is 2. The molecule has 1 saturated heterocycles. The average Bonchev–Trinajstić information content (AvgIpc) is 3.20. The number of rotatable bonds is 6. The third-order valence-electron chi connectivity index (χ3n) is 7.55. The molecule has 1 fully saturated rings. The van der Waals surface area contributed by atoms with E-state index in [0.717, 1.165) is 51.1 Å². The van der Waals surface area contributed by atoms with Crippen molar-refractivity contribution in [3.8, 4) is 5.75 Å². The van der Waals surface area contributed by atoms with Gasteiger partial charge in [-0.2, -0.15) is 5.10 Å². The summed E-state index contributed by atoms with van der Waals surface area (Å²) in [6, 6.07) is 14.3. The number of Topliss-reactive ketones (excluding diaryl/α,β-unsaturated/α-hetero) is 1. The van der Waals surface area contributed by atoms with Gasteiger partial charge in [-0.1, -0.05) is 30.3 Å². The molecular formula is C27H31FN4O3. The molecule has 2 unspecified atom stereocenters. The van der Waals surface area contributed by atoms with Gasteiger partial charge in [0.05, 0.1) is 5.41 Å². The minimum Gasteiger partial charge on any atom is -0.489 e. The summed E-state index contributed by atoms with van der Waals surface area (Å²) in [6.07, 6.45) is 1.59. The zero-order chi connectivity index (χ0) is 24.6. The SMILES string of the molecule is CC(=O)C1=NN2c3ccc(F)cc3OCC2C1(CCCN1CCN(C(C)=O)CC1)c1ccccc1. The largest absolute Gasteiger partial charge is 0.489 e. The lowest BCUT2D eigenvalue weighted by Gasteiger charge is -2.42. The maximum atomic E-state index is 13.9. The summed E-state index contributed by atoms with van der Waals surface area (Å²) in [5.74, 6) is 0.136. The summed E-state index contributed by atoms with van der Waals surface area (Å²) < 4.78 is 19.9. The summed E-state index contributed by atoms with van der Waals surface area (Å²) in [5.41, 5.74) is 1.60. The van der Waals surface area contributed by atoms with Crippen LogP contribution < -0.4 is 9.75 Å². The van der Waals surface area contributed by atoms with E-state index in [9.17, 15) is 14.0 Å². The van der Waals surface area contributed by atoms with E-state index in [1.807, 2.05) is 28.1 Å². The van der Waals surface area contributed by atoms with E-state index in [0.29, 0.717) is 23.8 Å². The first-order valence-corrected chi connectivity index (χ1v) is 12.2. The van der Waals surface area contributed by atoms with Gasteiger partial charge in [0.1, 0.15) is 35.6 Å². The van der Waals surface area contributed by atoms with Crippen LogP contribution in [0.4, 0.5) is 10.1 Å². The molecule has 184 valence electrons. The van der Waals surface area contributed by atoms with Crippen LogP contribution in [-0.2, 0) is 15.0 Å². The topological polar surface area (TPSA) is 65.5 Å². The Labute approximate surface area is 205 Å². The zero-order valence-electron chi connectivity index (χ0n) is 20.2. The van der Waals surface area contributed by atoms with Gasteiger partial charge in [-0.15, -0.1) is 0 Å². The van der Waals surface area contributed by atoms with Crippen molar-refractivity contribution in [3.05, 3.63) is 59.9 Å². The quantitative estimate of drug-likeness (QED) is 0.638. The fourth-order valence-electron chi connectivity index (χ4n) is 5.78. The Bertz CT molecular complexity index is 1150. The molecule has 1 amide bonds. The molecule has 0 aliphatic carbocycles. The predicted molar refractivity (Wildman–Crippen MR) is 132 cm³/mol. The lowest BCUT2D eigenvalue weighted by molar-refractivity contribution is -0.130.